The summed E-state index contributed by atoms with van der Waals surface area (Å²) in [5, 5.41) is 4.51. The van der Waals surface area contributed by atoms with Gasteiger partial charge in [-0.1, -0.05) is 42.5 Å². The van der Waals surface area contributed by atoms with E-state index < -0.39 is 17.3 Å². The monoisotopic (exact) mass is 449 g/mol. The first-order valence-corrected chi connectivity index (χ1v) is 9.91. The molecule has 3 aromatic carbocycles. The lowest BCUT2D eigenvalue weighted by atomic mass is 10.1. The number of rotatable bonds is 5. The number of methoxy groups -OCH3 is 1. The van der Waals surface area contributed by atoms with Crippen LogP contribution in [0.3, 0.4) is 0 Å². The topological polar surface area (TPSA) is 56.5 Å². The zero-order chi connectivity index (χ0) is 23.4. The summed E-state index contributed by atoms with van der Waals surface area (Å²) in [6, 6.07) is 18.6. The Kier molecular flexibility index (Phi) is 6.08. The highest BCUT2D eigenvalue weighted by Crippen LogP contribution is 2.31. The minimum absolute atomic E-state index is 0.0129. The highest BCUT2D eigenvalue weighted by molar-refractivity contribution is 5.81. The van der Waals surface area contributed by atoms with Crippen molar-refractivity contribution >= 4 is 23.2 Å². The molecular weight excluding hydrogens is 431 g/mol. The first-order valence-electron chi connectivity index (χ1n) is 9.91. The average Bonchev–Trinajstić information content (AvgIpc) is 2.83. The maximum atomic E-state index is 13.2. The second-order valence-corrected chi connectivity index (χ2v) is 7.04. The van der Waals surface area contributed by atoms with Crippen LogP contribution in [0.2, 0.25) is 0 Å². The summed E-state index contributed by atoms with van der Waals surface area (Å²) >= 11 is 0. The van der Waals surface area contributed by atoms with E-state index >= 15 is 0 Å². The van der Waals surface area contributed by atoms with Gasteiger partial charge in [0, 0.05) is 11.8 Å². The highest BCUT2D eigenvalue weighted by Gasteiger charge is 2.30. The molecule has 166 valence electrons. The Labute approximate surface area is 187 Å². The quantitative estimate of drug-likeness (QED) is 0.371. The Balaban J connectivity index is 1.78. The number of halogens is 3. The van der Waals surface area contributed by atoms with Crippen LogP contribution in [-0.4, -0.2) is 23.0 Å². The second-order valence-electron chi connectivity index (χ2n) is 7.04. The largest absolute Gasteiger partial charge is 0.497 e. The van der Waals surface area contributed by atoms with Gasteiger partial charge in [0.15, 0.2) is 5.82 Å². The van der Waals surface area contributed by atoms with Gasteiger partial charge in [-0.3, -0.25) is 4.79 Å². The van der Waals surface area contributed by atoms with Crippen LogP contribution in [-0.2, 0) is 6.18 Å². The molecule has 0 atom stereocenters. The molecule has 0 aliphatic carbocycles. The molecule has 0 amide bonds. The molecule has 0 aliphatic heterocycles. The third-order valence-corrected chi connectivity index (χ3v) is 4.87. The van der Waals surface area contributed by atoms with E-state index in [4.69, 9.17) is 4.74 Å². The number of hydrogen-bond acceptors (Lipinski definition) is 4. The van der Waals surface area contributed by atoms with Gasteiger partial charge in [-0.25, -0.2) is 4.98 Å². The molecular formula is C25H18F3N3O2. The van der Waals surface area contributed by atoms with E-state index in [-0.39, 0.29) is 11.4 Å². The number of para-hydroxylation sites is 1. The lowest BCUT2D eigenvalue weighted by molar-refractivity contribution is -0.137. The van der Waals surface area contributed by atoms with E-state index in [2.05, 4.69) is 10.1 Å². The Morgan fingerprint density at radius 3 is 2.48 bits per heavy atom. The normalized spacial score (nSPS) is 12.1. The number of ether oxygens (including phenoxy) is 1. The van der Waals surface area contributed by atoms with Crippen molar-refractivity contribution in [2.24, 2.45) is 5.10 Å². The van der Waals surface area contributed by atoms with Gasteiger partial charge in [-0.05, 0) is 48.0 Å². The molecule has 1 aromatic heterocycles. The molecule has 4 rings (SSSR count). The van der Waals surface area contributed by atoms with Gasteiger partial charge in [0.2, 0.25) is 0 Å². The Morgan fingerprint density at radius 1 is 1.00 bits per heavy atom. The Morgan fingerprint density at radius 2 is 1.76 bits per heavy atom. The minimum atomic E-state index is -4.53. The summed E-state index contributed by atoms with van der Waals surface area (Å²) in [5.74, 6) is 0.735. The average molecular weight is 449 g/mol. The van der Waals surface area contributed by atoms with Crippen molar-refractivity contribution < 1.29 is 17.9 Å². The van der Waals surface area contributed by atoms with Gasteiger partial charge in [0.05, 0.1) is 23.6 Å². The van der Waals surface area contributed by atoms with Crippen molar-refractivity contribution in [2.75, 3.05) is 7.11 Å². The van der Waals surface area contributed by atoms with Crippen LogP contribution in [0.25, 0.3) is 28.4 Å². The van der Waals surface area contributed by atoms with Crippen LogP contribution >= 0.6 is 0 Å². The summed E-state index contributed by atoms with van der Waals surface area (Å²) < 4.78 is 45.8. The van der Waals surface area contributed by atoms with Crippen LogP contribution in [0, 0.1) is 0 Å². The van der Waals surface area contributed by atoms with Crippen molar-refractivity contribution in [2.45, 2.75) is 6.18 Å². The van der Waals surface area contributed by atoms with Gasteiger partial charge in [0.1, 0.15) is 5.75 Å². The summed E-state index contributed by atoms with van der Waals surface area (Å²) in [7, 11) is 1.58. The summed E-state index contributed by atoms with van der Waals surface area (Å²) in [5.41, 5.74) is 0.0582. The zero-order valence-electron chi connectivity index (χ0n) is 17.5. The van der Waals surface area contributed by atoms with Crippen molar-refractivity contribution in [3.63, 3.8) is 0 Å². The van der Waals surface area contributed by atoms with Gasteiger partial charge in [-0.15, -0.1) is 0 Å². The fourth-order valence-corrected chi connectivity index (χ4v) is 3.23. The van der Waals surface area contributed by atoms with E-state index in [9.17, 15) is 18.0 Å². The zero-order valence-corrected chi connectivity index (χ0v) is 17.5. The molecule has 0 fully saturated rings. The molecule has 8 heteroatoms. The van der Waals surface area contributed by atoms with E-state index in [1.54, 1.807) is 55.7 Å². The number of aromatic nitrogens is 2. The molecule has 33 heavy (non-hydrogen) atoms. The lowest BCUT2D eigenvalue weighted by Crippen LogP contribution is -2.20. The number of allylic oxidation sites excluding steroid dienone is 1. The van der Waals surface area contributed by atoms with E-state index in [1.807, 2.05) is 12.1 Å². The lowest BCUT2D eigenvalue weighted by Gasteiger charge is -2.11. The van der Waals surface area contributed by atoms with Crippen LogP contribution in [0.5, 0.6) is 5.75 Å². The number of fused-ring (bicyclic) bond motifs is 1. The number of hydrogen-bond donors (Lipinski definition) is 0. The van der Waals surface area contributed by atoms with Crippen LogP contribution < -0.4 is 10.3 Å². The number of nitrogens with zero attached hydrogens (tertiary/aromatic N) is 3. The third-order valence-electron chi connectivity index (χ3n) is 4.87. The maximum absolute atomic E-state index is 13.2. The summed E-state index contributed by atoms with van der Waals surface area (Å²) in [6.07, 6.45) is 0.257. The van der Waals surface area contributed by atoms with Gasteiger partial charge >= 0.3 is 6.18 Å². The molecule has 0 spiro atoms. The molecule has 1 heterocycles. The minimum Gasteiger partial charge on any atom is -0.497 e. The van der Waals surface area contributed by atoms with Gasteiger partial charge in [0.25, 0.3) is 5.56 Å². The van der Waals surface area contributed by atoms with Crippen molar-refractivity contribution in [1.82, 2.24) is 9.66 Å². The highest BCUT2D eigenvalue weighted by atomic mass is 19.4. The van der Waals surface area contributed by atoms with Crippen LogP contribution in [0.4, 0.5) is 13.2 Å². The molecule has 0 bridgehead atoms. The third kappa shape index (κ3) is 4.85. The predicted molar refractivity (Wildman–Crippen MR) is 122 cm³/mol. The molecule has 0 radical (unpaired) electrons. The Hall–Kier alpha value is -4.20. The van der Waals surface area contributed by atoms with E-state index in [0.29, 0.717) is 10.9 Å². The van der Waals surface area contributed by atoms with Gasteiger partial charge < -0.3 is 4.74 Å². The molecule has 5 nitrogen and oxygen atoms in total. The predicted octanol–water partition coefficient (Wildman–Crippen LogP) is 5.64. The SMILES string of the molecule is COc1ccc(/C=C/C=Nn2c(-c3cccc(C(F)(F)F)c3)nc3ccccc3c2=O)cc1. The fourth-order valence-electron chi connectivity index (χ4n) is 3.23. The van der Waals surface area contributed by atoms with Crippen molar-refractivity contribution in [3.8, 4) is 17.1 Å². The maximum Gasteiger partial charge on any atom is 0.416 e. The number of benzene rings is 3. The molecule has 0 saturated heterocycles. The molecule has 0 aliphatic rings. The van der Waals surface area contributed by atoms with Gasteiger partial charge in [-0.2, -0.15) is 22.9 Å². The van der Waals surface area contributed by atoms with E-state index in [1.165, 1.54) is 18.3 Å². The Bertz CT molecular complexity index is 1410. The molecule has 0 saturated carbocycles. The van der Waals surface area contributed by atoms with Crippen molar-refractivity contribution in [1.29, 1.82) is 0 Å². The molecule has 0 unspecified atom stereocenters. The second kappa shape index (κ2) is 9.12. The van der Waals surface area contributed by atoms with Crippen LogP contribution in [0.15, 0.2) is 88.8 Å². The van der Waals surface area contributed by atoms with Crippen molar-refractivity contribution in [3.05, 3.63) is 100 Å². The first kappa shape index (κ1) is 22.0. The smallest absolute Gasteiger partial charge is 0.416 e. The molecule has 0 N–H and O–H groups in total. The molecule has 4 aromatic rings. The van der Waals surface area contributed by atoms with Crippen LogP contribution in [0.1, 0.15) is 11.1 Å². The standard InChI is InChI=1S/C25H18F3N3O2/c1-33-20-13-11-17(12-14-20)6-5-15-29-31-23(18-7-4-8-19(16-18)25(26,27)28)30-22-10-3-2-9-21(22)24(31)32/h2-16H,1H3/b6-5+,29-15?. The van der Waals surface area contributed by atoms with E-state index in [0.717, 1.165) is 28.1 Å². The summed E-state index contributed by atoms with van der Waals surface area (Å²) in [6.45, 7) is 0. The fraction of sp³-hybridized carbons (Fsp3) is 0.0800. The summed E-state index contributed by atoms with van der Waals surface area (Å²) in [4.78, 5) is 17.5. The number of alkyl halides is 3. The first-order chi connectivity index (χ1) is 15.9.